The van der Waals surface area contributed by atoms with Crippen LogP contribution in [0.15, 0.2) is 18.2 Å². The SMILES string of the molecule is O=C1CCCC(c2cccc(O)c2O)C1=O. The Morgan fingerprint density at radius 3 is 2.69 bits per heavy atom. The van der Waals surface area contributed by atoms with Gasteiger partial charge in [-0.3, -0.25) is 9.59 Å². The van der Waals surface area contributed by atoms with Crippen LogP contribution in [-0.4, -0.2) is 21.8 Å². The Bertz CT molecular complexity index is 450. The maximum absolute atomic E-state index is 11.6. The summed E-state index contributed by atoms with van der Waals surface area (Å²) in [6.07, 6.45) is 1.47. The molecule has 1 aromatic carbocycles. The number of aromatic hydroxyl groups is 2. The molecule has 1 fully saturated rings. The first-order chi connectivity index (χ1) is 7.61. The maximum Gasteiger partial charge on any atom is 0.205 e. The number of hydrogen-bond acceptors (Lipinski definition) is 4. The highest BCUT2D eigenvalue weighted by Gasteiger charge is 2.32. The van der Waals surface area contributed by atoms with Gasteiger partial charge in [-0.05, 0) is 18.9 Å². The monoisotopic (exact) mass is 220 g/mol. The Labute approximate surface area is 92.5 Å². The van der Waals surface area contributed by atoms with Gasteiger partial charge in [0.15, 0.2) is 17.3 Å². The molecule has 1 unspecified atom stereocenters. The van der Waals surface area contributed by atoms with E-state index in [9.17, 15) is 19.8 Å². The molecule has 4 nitrogen and oxygen atoms in total. The molecule has 1 saturated carbocycles. The van der Waals surface area contributed by atoms with Crippen molar-refractivity contribution in [2.45, 2.75) is 25.2 Å². The van der Waals surface area contributed by atoms with Crippen LogP contribution in [-0.2, 0) is 9.59 Å². The lowest BCUT2D eigenvalue weighted by Gasteiger charge is -2.20. The Hall–Kier alpha value is -1.84. The summed E-state index contributed by atoms with van der Waals surface area (Å²) in [5, 5.41) is 19.0. The van der Waals surface area contributed by atoms with Gasteiger partial charge in [-0.25, -0.2) is 0 Å². The van der Waals surface area contributed by atoms with Crippen LogP contribution in [0.5, 0.6) is 11.5 Å². The minimum Gasteiger partial charge on any atom is -0.504 e. The highest BCUT2D eigenvalue weighted by Crippen LogP contribution is 2.38. The minimum absolute atomic E-state index is 0.261. The molecule has 1 aliphatic rings. The van der Waals surface area contributed by atoms with Crippen LogP contribution in [0.25, 0.3) is 0 Å². The van der Waals surface area contributed by atoms with E-state index in [0.717, 1.165) is 0 Å². The molecule has 1 aliphatic carbocycles. The molecule has 0 spiro atoms. The van der Waals surface area contributed by atoms with Crippen molar-refractivity contribution in [3.63, 3.8) is 0 Å². The smallest absolute Gasteiger partial charge is 0.205 e. The molecule has 0 radical (unpaired) electrons. The fourth-order valence-corrected chi connectivity index (χ4v) is 2.04. The number of para-hydroxylation sites is 1. The van der Waals surface area contributed by atoms with E-state index in [1.165, 1.54) is 6.07 Å². The first kappa shape index (κ1) is 10.7. The van der Waals surface area contributed by atoms with Crippen molar-refractivity contribution in [1.29, 1.82) is 0 Å². The number of carbonyl (C=O) groups excluding carboxylic acids is 2. The first-order valence-corrected chi connectivity index (χ1v) is 5.19. The minimum atomic E-state index is -0.603. The van der Waals surface area contributed by atoms with Crippen LogP contribution in [0.1, 0.15) is 30.7 Å². The Morgan fingerprint density at radius 2 is 1.94 bits per heavy atom. The van der Waals surface area contributed by atoms with Gasteiger partial charge in [0.05, 0.1) is 5.92 Å². The number of Topliss-reactive ketones (excluding diaryl/α,β-unsaturated/α-hetero) is 2. The zero-order valence-corrected chi connectivity index (χ0v) is 8.64. The third-order valence-electron chi connectivity index (χ3n) is 2.91. The van der Waals surface area contributed by atoms with Crippen molar-refractivity contribution in [3.05, 3.63) is 23.8 Å². The first-order valence-electron chi connectivity index (χ1n) is 5.19. The summed E-state index contributed by atoms with van der Waals surface area (Å²) in [7, 11) is 0. The standard InChI is InChI=1S/C12H12O4/c13-9-5-1-3-7(11(9)15)8-4-2-6-10(14)12(8)16/h1,3,5,8,13,15H,2,4,6H2. The second-order valence-electron chi connectivity index (χ2n) is 3.95. The van der Waals surface area contributed by atoms with E-state index < -0.39 is 11.7 Å². The number of phenols is 2. The summed E-state index contributed by atoms with van der Waals surface area (Å²) in [6, 6.07) is 4.46. The maximum atomic E-state index is 11.6. The van der Waals surface area contributed by atoms with Crippen LogP contribution >= 0.6 is 0 Å². The molecule has 1 aromatic rings. The van der Waals surface area contributed by atoms with Gasteiger partial charge in [-0.15, -0.1) is 0 Å². The van der Waals surface area contributed by atoms with Crippen LogP contribution in [0.2, 0.25) is 0 Å². The summed E-state index contributed by atoms with van der Waals surface area (Å²) in [5.74, 6) is -2.02. The number of hydrogen-bond donors (Lipinski definition) is 2. The Morgan fingerprint density at radius 1 is 1.19 bits per heavy atom. The van der Waals surface area contributed by atoms with E-state index in [0.29, 0.717) is 18.4 Å². The molecule has 2 rings (SSSR count). The quantitative estimate of drug-likeness (QED) is 0.555. The van der Waals surface area contributed by atoms with E-state index in [-0.39, 0.29) is 23.7 Å². The van der Waals surface area contributed by atoms with Crippen LogP contribution in [0.4, 0.5) is 0 Å². The molecule has 84 valence electrons. The van der Waals surface area contributed by atoms with Gasteiger partial charge in [0.1, 0.15) is 0 Å². The van der Waals surface area contributed by atoms with Crippen LogP contribution in [0, 0.1) is 0 Å². The molecule has 1 atom stereocenters. The van der Waals surface area contributed by atoms with E-state index >= 15 is 0 Å². The molecule has 16 heavy (non-hydrogen) atoms. The average Bonchev–Trinajstić information content (AvgIpc) is 2.27. The molecule has 4 heteroatoms. The van der Waals surface area contributed by atoms with Gasteiger partial charge in [-0.1, -0.05) is 12.1 Å². The fraction of sp³-hybridized carbons (Fsp3) is 0.333. The molecular formula is C12H12O4. The Balaban J connectivity index is 2.40. The lowest BCUT2D eigenvalue weighted by molar-refractivity contribution is -0.139. The molecule has 0 bridgehead atoms. The van der Waals surface area contributed by atoms with E-state index in [2.05, 4.69) is 0 Å². The van der Waals surface area contributed by atoms with E-state index in [1.54, 1.807) is 12.1 Å². The number of rotatable bonds is 1. The van der Waals surface area contributed by atoms with Gasteiger partial charge < -0.3 is 10.2 Å². The third-order valence-corrected chi connectivity index (χ3v) is 2.91. The van der Waals surface area contributed by atoms with Crippen LogP contribution < -0.4 is 0 Å². The summed E-state index contributed by atoms with van der Waals surface area (Å²) in [5.41, 5.74) is 0.345. The molecular weight excluding hydrogens is 208 g/mol. The van der Waals surface area contributed by atoms with Gasteiger partial charge in [0, 0.05) is 12.0 Å². The van der Waals surface area contributed by atoms with E-state index in [4.69, 9.17) is 0 Å². The highest BCUT2D eigenvalue weighted by atomic mass is 16.3. The molecule has 2 N–H and O–H groups in total. The van der Waals surface area contributed by atoms with Gasteiger partial charge in [0.25, 0.3) is 0 Å². The predicted octanol–water partition coefficient (Wildman–Crippen LogP) is 1.50. The third kappa shape index (κ3) is 1.66. The summed E-state index contributed by atoms with van der Waals surface area (Å²) >= 11 is 0. The Kier molecular flexibility index (Phi) is 2.64. The number of carbonyl (C=O) groups is 2. The summed E-state index contributed by atoms with van der Waals surface area (Å²) < 4.78 is 0. The normalized spacial score (nSPS) is 21.1. The number of phenolic OH excluding ortho intramolecular Hbond substituents is 2. The predicted molar refractivity (Wildman–Crippen MR) is 56.4 cm³/mol. The largest absolute Gasteiger partial charge is 0.504 e. The molecule has 0 aromatic heterocycles. The second kappa shape index (κ2) is 3.96. The van der Waals surface area contributed by atoms with Crippen molar-refractivity contribution in [3.8, 4) is 11.5 Å². The highest BCUT2D eigenvalue weighted by molar-refractivity contribution is 6.39. The zero-order chi connectivity index (χ0) is 11.7. The number of benzene rings is 1. The molecule has 0 amide bonds. The number of ketones is 2. The fourth-order valence-electron chi connectivity index (χ4n) is 2.04. The van der Waals surface area contributed by atoms with Crippen molar-refractivity contribution >= 4 is 11.6 Å². The second-order valence-corrected chi connectivity index (χ2v) is 3.95. The summed E-state index contributed by atoms with van der Waals surface area (Å²) in [6.45, 7) is 0. The summed E-state index contributed by atoms with van der Waals surface area (Å²) in [4.78, 5) is 22.9. The lowest BCUT2D eigenvalue weighted by Crippen LogP contribution is -2.26. The van der Waals surface area contributed by atoms with Crippen molar-refractivity contribution in [2.75, 3.05) is 0 Å². The van der Waals surface area contributed by atoms with Crippen molar-refractivity contribution in [1.82, 2.24) is 0 Å². The topological polar surface area (TPSA) is 74.6 Å². The van der Waals surface area contributed by atoms with Gasteiger partial charge >= 0.3 is 0 Å². The average molecular weight is 220 g/mol. The van der Waals surface area contributed by atoms with Crippen LogP contribution in [0.3, 0.4) is 0 Å². The van der Waals surface area contributed by atoms with Gasteiger partial charge in [0.2, 0.25) is 5.78 Å². The molecule has 0 saturated heterocycles. The molecule has 0 heterocycles. The van der Waals surface area contributed by atoms with Crippen molar-refractivity contribution < 1.29 is 19.8 Å². The van der Waals surface area contributed by atoms with Gasteiger partial charge in [-0.2, -0.15) is 0 Å². The molecule has 0 aliphatic heterocycles. The van der Waals surface area contributed by atoms with E-state index in [1.807, 2.05) is 0 Å². The lowest BCUT2D eigenvalue weighted by atomic mass is 9.82. The zero-order valence-electron chi connectivity index (χ0n) is 8.64. The van der Waals surface area contributed by atoms with Crippen molar-refractivity contribution in [2.24, 2.45) is 0 Å².